The molecule has 100 valence electrons. The highest BCUT2D eigenvalue weighted by Gasteiger charge is 2.22. The second-order valence-electron chi connectivity index (χ2n) is 2.94. The Morgan fingerprint density at radius 3 is 2.67 bits per heavy atom. The van der Waals surface area contributed by atoms with E-state index in [0.717, 1.165) is 0 Å². The lowest BCUT2D eigenvalue weighted by Gasteiger charge is -2.07. The molecule has 0 bridgehead atoms. The Hall–Kier alpha value is -0.500. The molecule has 0 aliphatic heterocycles. The summed E-state index contributed by atoms with van der Waals surface area (Å²) in [7, 11) is -6.88. The summed E-state index contributed by atoms with van der Waals surface area (Å²) >= 11 is 1.36. The van der Waals surface area contributed by atoms with Crippen LogP contribution in [0.25, 0.3) is 0 Å². The molecule has 18 heavy (non-hydrogen) atoms. The summed E-state index contributed by atoms with van der Waals surface area (Å²) in [5, 5.41) is 0. The fraction of sp³-hybridized carbons (Fsp3) is 0.333. The van der Waals surface area contributed by atoms with E-state index in [2.05, 4.69) is 8.71 Å². The molecule has 0 spiro atoms. The molecular weight excluding hydrogens is 299 g/mol. The van der Waals surface area contributed by atoms with E-state index in [-0.39, 0.29) is 4.90 Å². The molecule has 1 aromatic rings. The molecule has 0 heterocycles. The van der Waals surface area contributed by atoms with Gasteiger partial charge in [-0.2, -0.15) is 8.42 Å². The van der Waals surface area contributed by atoms with Gasteiger partial charge in [-0.05, 0) is 17.9 Å². The van der Waals surface area contributed by atoms with Crippen molar-refractivity contribution in [2.24, 2.45) is 0 Å². The minimum absolute atomic E-state index is 0.0219. The highest BCUT2D eigenvalue weighted by Crippen LogP contribution is 2.27. The first-order valence-corrected chi connectivity index (χ1v) is 8.40. The van der Waals surface area contributed by atoms with Crippen LogP contribution in [0.4, 0.5) is 0 Å². The molecule has 1 N–H and O–H groups in total. The molecule has 6 nitrogen and oxygen atoms in total. The number of hydrogen-bond donors (Lipinski definition) is 1. The third-order valence-corrected chi connectivity index (χ3v) is 4.50. The summed E-state index contributed by atoms with van der Waals surface area (Å²) in [6.45, 7) is 1.10. The predicted molar refractivity (Wildman–Crippen MR) is 66.9 cm³/mol. The zero-order valence-corrected chi connectivity index (χ0v) is 12.0. The summed E-state index contributed by atoms with van der Waals surface area (Å²) in [6.07, 6.45) is 0. The normalized spacial score (nSPS) is 12.4. The lowest BCUT2D eigenvalue weighted by atomic mass is 10.4. The topological polar surface area (TPSA) is 89.9 Å². The largest absolute Gasteiger partial charge is 0.697 e. The SMILES string of the molecule is CCSc1ccccc1S(=O)(=O)OCO[P+](=O)O. The van der Waals surface area contributed by atoms with Gasteiger partial charge in [0.15, 0.2) is 0 Å². The van der Waals surface area contributed by atoms with Crippen molar-refractivity contribution in [2.45, 2.75) is 16.7 Å². The molecule has 9 heteroatoms. The van der Waals surface area contributed by atoms with Crippen molar-refractivity contribution in [2.75, 3.05) is 12.5 Å². The van der Waals surface area contributed by atoms with E-state index in [1.165, 1.54) is 17.8 Å². The van der Waals surface area contributed by atoms with Gasteiger partial charge in [0.05, 0.1) is 0 Å². The highest BCUT2D eigenvalue weighted by atomic mass is 32.2. The Morgan fingerprint density at radius 1 is 1.39 bits per heavy atom. The maximum atomic E-state index is 11.8. The molecule has 0 radical (unpaired) electrons. The van der Waals surface area contributed by atoms with Gasteiger partial charge >= 0.3 is 18.4 Å². The third-order valence-electron chi connectivity index (χ3n) is 1.78. The molecule has 0 fully saturated rings. The van der Waals surface area contributed by atoms with Gasteiger partial charge in [-0.3, -0.25) is 0 Å². The second kappa shape index (κ2) is 7.18. The summed E-state index contributed by atoms with van der Waals surface area (Å²) in [5.41, 5.74) is 0. The highest BCUT2D eigenvalue weighted by molar-refractivity contribution is 8.00. The molecule has 0 saturated carbocycles. The first-order chi connectivity index (χ1) is 8.47. The standard InChI is InChI=1S/C9H11O6PS2/c1-2-17-8-5-3-4-6-9(8)18(12,13)15-7-14-16(10)11/h3-6H,2,7H2,1H3/p+1. The van der Waals surface area contributed by atoms with Crippen LogP contribution >= 0.6 is 20.0 Å². The van der Waals surface area contributed by atoms with Crippen LogP contribution in [0.1, 0.15) is 6.92 Å². The van der Waals surface area contributed by atoms with E-state index in [0.29, 0.717) is 10.6 Å². The van der Waals surface area contributed by atoms with Gasteiger partial charge in [-0.15, -0.1) is 16.7 Å². The first kappa shape index (κ1) is 15.6. The average molecular weight is 311 g/mol. The maximum absolute atomic E-state index is 11.8. The van der Waals surface area contributed by atoms with Crippen LogP contribution in [0, 0.1) is 0 Å². The molecule has 0 aliphatic carbocycles. The van der Waals surface area contributed by atoms with Gasteiger partial charge < -0.3 is 0 Å². The van der Waals surface area contributed by atoms with Gasteiger partial charge in [-0.25, -0.2) is 4.18 Å². The molecule has 0 aromatic heterocycles. The summed E-state index contributed by atoms with van der Waals surface area (Å²) in [4.78, 5) is 8.95. The van der Waals surface area contributed by atoms with E-state index in [4.69, 9.17) is 4.89 Å². The smallest absolute Gasteiger partial charge is 0.232 e. The summed E-state index contributed by atoms with van der Waals surface area (Å²) in [5.74, 6) is 0.714. The second-order valence-corrected chi connectivity index (χ2v) is 6.56. The zero-order chi connectivity index (χ0) is 13.6. The molecule has 1 atom stereocenters. The molecule has 1 unspecified atom stereocenters. The Kier molecular flexibility index (Phi) is 6.20. The van der Waals surface area contributed by atoms with E-state index in [1.807, 2.05) is 6.92 Å². The number of hydrogen-bond acceptors (Lipinski definition) is 6. The lowest BCUT2D eigenvalue weighted by molar-refractivity contribution is 0.121. The summed E-state index contributed by atoms with van der Waals surface area (Å²) in [6, 6.07) is 6.37. The lowest BCUT2D eigenvalue weighted by Crippen LogP contribution is -2.09. The van der Waals surface area contributed by atoms with E-state index in [9.17, 15) is 13.0 Å². The van der Waals surface area contributed by atoms with Crippen molar-refractivity contribution < 1.29 is 26.6 Å². The molecular formula is C9H12O6PS2+. The van der Waals surface area contributed by atoms with Crippen LogP contribution in [0.2, 0.25) is 0 Å². The van der Waals surface area contributed by atoms with Crippen LogP contribution in [0.15, 0.2) is 34.1 Å². The Bertz CT molecular complexity index is 516. The van der Waals surface area contributed by atoms with E-state index < -0.39 is 25.2 Å². The van der Waals surface area contributed by atoms with Gasteiger partial charge in [0.1, 0.15) is 4.90 Å². The van der Waals surface area contributed by atoms with Crippen LogP contribution in [-0.4, -0.2) is 25.9 Å². The maximum Gasteiger partial charge on any atom is 0.697 e. The minimum Gasteiger partial charge on any atom is -0.232 e. The number of thioether (sulfide) groups is 1. The van der Waals surface area contributed by atoms with E-state index >= 15 is 0 Å². The molecule has 1 rings (SSSR count). The quantitative estimate of drug-likeness (QED) is 0.357. The van der Waals surface area contributed by atoms with Crippen LogP contribution in [-0.2, 0) is 23.4 Å². The van der Waals surface area contributed by atoms with Crippen molar-refractivity contribution in [1.29, 1.82) is 0 Å². The van der Waals surface area contributed by atoms with Crippen LogP contribution < -0.4 is 0 Å². The first-order valence-electron chi connectivity index (χ1n) is 4.87. The Labute approximate surface area is 110 Å². The van der Waals surface area contributed by atoms with Crippen molar-refractivity contribution in [3.63, 3.8) is 0 Å². The number of benzene rings is 1. The van der Waals surface area contributed by atoms with Crippen LogP contribution in [0.5, 0.6) is 0 Å². The third kappa shape index (κ3) is 4.64. The number of rotatable bonds is 7. The fourth-order valence-electron chi connectivity index (χ4n) is 1.12. The molecule has 0 saturated heterocycles. The monoisotopic (exact) mass is 311 g/mol. The molecule has 0 aliphatic rings. The minimum atomic E-state index is -3.99. The van der Waals surface area contributed by atoms with Crippen molar-refractivity contribution in [3.05, 3.63) is 24.3 Å². The average Bonchev–Trinajstić information content (AvgIpc) is 2.29. The fourth-order valence-corrected chi connectivity index (χ4v) is 3.38. The van der Waals surface area contributed by atoms with Gasteiger partial charge in [-0.1, -0.05) is 23.6 Å². The molecule has 1 aromatic carbocycles. The Balaban J connectivity index is 2.87. The van der Waals surface area contributed by atoms with Crippen molar-refractivity contribution >= 4 is 30.1 Å². The zero-order valence-electron chi connectivity index (χ0n) is 9.48. The molecule has 0 amide bonds. The van der Waals surface area contributed by atoms with E-state index in [1.54, 1.807) is 18.2 Å². The van der Waals surface area contributed by atoms with Gasteiger partial charge in [0, 0.05) is 9.46 Å². The van der Waals surface area contributed by atoms with Crippen molar-refractivity contribution in [3.8, 4) is 0 Å². The predicted octanol–water partition coefficient (Wildman–Crippen LogP) is 2.13. The van der Waals surface area contributed by atoms with Gasteiger partial charge in [0.25, 0.3) is 0 Å². The summed E-state index contributed by atoms with van der Waals surface area (Å²) < 4.78 is 42.5. The van der Waals surface area contributed by atoms with Crippen molar-refractivity contribution in [1.82, 2.24) is 0 Å². The van der Waals surface area contributed by atoms with Gasteiger partial charge in [0.2, 0.25) is 6.79 Å². The van der Waals surface area contributed by atoms with Crippen LogP contribution in [0.3, 0.4) is 0 Å². The Morgan fingerprint density at radius 2 is 2.06 bits per heavy atom.